The molecule has 0 spiro atoms. The van der Waals surface area contributed by atoms with Gasteiger partial charge in [0, 0.05) is 61.9 Å². The average Bonchev–Trinajstić information content (AvgIpc) is 2.88. The Morgan fingerprint density at radius 1 is 1.15 bits per heavy atom. The van der Waals surface area contributed by atoms with Crippen LogP contribution in [-0.2, 0) is 17.6 Å². The van der Waals surface area contributed by atoms with E-state index in [2.05, 4.69) is 32.2 Å². The third-order valence-electron chi connectivity index (χ3n) is 6.86. The number of fused-ring (bicyclic) bond motifs is 3. The Morgan fingerprint density at radius 3 is 2.76 bits per heavy atom. The fourth-order valence-corrected chi connectivity index (χ4v) is 5.08. The number of halogens is 1. The molecule has 7 heteroatoms. The van der Waals surface area contributed by atoms with Gasteiger partial charge in [-0.05, 0) is 54.4 Å². The molecule has 3 aromatic rings. The Morgan fingerprint density at radius 2 is 2.00 bits per heavy atom. The third kappa shape index (κ3) is 4.55. The van der Waals surface area contributed by atoms with Crippen molar-refractivity contribution in [2.75, 3.05) is 43.1 Å². The van der Waals surface area contributed by atoms with E-state index in [1.54, 1.807) is 13.3 Å². The van der Waals surface area contributed by atoms with Gasteiger partial charge >= 0.3 is 0 Å². The van der Waals surface area contributed by atoms with Gasteiger partial charge < -0.3 is 19.9 Å². The molecule has 1 amide bonds. The lowest BCUT2D eigenvalue weighted by molar-refractivity contribution is -0.125. The molecule has 0 bridgehead atoms. The number of nitrogens with zero attached hydrogens (tertiary/aromatic N) is 3. The number of piperazine rings is 1. The minimum Gasteiger partial charge on any atom is -0.497 e. The van der Waals surface area contributed by atoms with Crippen molar-refractivity contribution in [2.45, 2.75) is 18.9 Å². The summed E-state index contributed by atoms with van der Waals surface area (Å²) in [6.45, 7) is 2.82. The average molecular weight is 461 g/mol. The van der Waals surface area contributed by atoms with E-state index < -0.39 is 0 Å². The highest BCUT2D eigenvalue weighted by molar-refractivity contribution is 5.82. The van der Waals surface area contributed by atoms with Crippen LogP contribution in [0.2, 0.25) is 0 Å². The van der Waals surface area contributed by atoms with Crippen molar-refractivity contribution in [3.8, 4) is 5.75 Å². The summed E-state index contributed by atoms with van der Waals surface area (Å²) in [7, 11) is 1.67. The molecule has 0 aliphatic carbocycles. The molecule has 1 fully saturated rings. The van der Waals surface area contributed by atoms with Gasteiger partial charge in [0.1, 0.15) is 11.6 Å². The standard InChI is InChI=1S/C27H29FN4O2/c1-34-23-10-5-19-16-24(27(33)30-13-11-21-4-2-3-12-29-21)26-18-31(14-15-32(26)25(19)17-23)22-8-6-20(28)7-9-22/h2-10,12,17,24,26H,11,13-16,18H2,1H3,(H,30,33)/t24-,26-/m1/s1. The quantitative estimate of drug-likeness (QED) is 0.611. The molecular weight excluding hydrogens is 431 g/mol. The van der Waals surface area contributed by atoms with Crippen LogP contribution in [0.3, 0.4) is 0 Å². The zero-order valence-corrected chi connectivity index (χ0v) is 19.3. The number of amides is 1. The minimum absolute atomic E-state index is 0.00765. The van der Waals surface area contributed by atoms with E-state index >= 15 is 0 Å². The summed E-state index contributed by atoms with van der Waals surface area (Å²) in [5.74, 6) is 0.448. The topological polar surface area (TPSA) is 57.7 Å². The first kappa shape index (κ1) is 22.2. The van der Waals surface area contributed by atoms with Crippen molar-refractivity contribution in [1.29, 1.82) is 0 Å². The molecule has 176 valence electrons. The van der Waals surface area contributed by atoms with Crippen LogP contribution in [0.25, 0.3) is 0 Å². The van der Waals surface area contributed by atoms with Crippen LogP contribution in [0.5, 0.6) is 5.75 Å². The molecular formula is C27H29FN4O2. The van der Waals surface area contributed by atoms with Crippen LogP contribution in [0.4, 0.5) is 15.8 Å². The summed E-state index contributed by atoms with van der Waals surface area (Å²) < 4.78 is 18.9. The number of anilines is 2. The molecule has 34 heavy (non-hydrogen) atoms. The number of carbonyl (C=O) groups excluding carboxylic acids is 1. The maximum Gasteiger partial charge on any atom is 0.225 e. The van der Waals surface area contributed by atoms with Crippen molar-refractivity contribution in [3.63, 3.8) is 0 Å². The first-order valence-electron chi connectivity index (χ1n) is 11.7. The van der Waals surface area contributed by atoms with E-state index in [0.717, 1.165) is 41.5 Å². The third-order valence-corrected chi connectivity index (χ3v) is 6.86. The molecule has 1 aromatic heterocycles. The number of nitrogens with one attached hydrogen (secondary N) is 1. The Bertz CT molecular complexity index is 1140. The first-order valence-corrected chi connectivity index (χ1v) is 11.7. The fourth-order valence-electron chi connectivity index (χ4n) is 5.08. The number of aromatic nitrogens is 1. The van der Waals surface area contributed by atoms with Gasteiger partial charge in [0.05, 0.1) is 19.1 Å². The molecule has 2 atom stereocenters. The molecule has 0 saturated carbocycles. The first-order chi connectivity index (χ1) is 16.6. The molecule has 2 aromatic carbocycles. The summed E-state index contributed by atoms with van der Waals surface area (Å²) in [6, 6.07) is 18.5. The van der Waals surface area contributed by atoms with Crippen LogP contribution >= 0.6 is 0 Å². The Labute approximate surface area is 199 Å². The van der Waals surface area contributed by atoms with E-state index in [4.69, 9.17) is 4.74 Å². The van der Waals surface area contributed by atoms with Gasteiger partial charge in [-0.15, -0.1) is 0 Å². The zero-order valence-electron chi connectivity index (χ0n) is 19.3. The number of carbonyl (C=O) groups is 1. The Kier molecular flexibility index (Phi) is 6.34. The molecule has 2 aliphatic heterocycles. The van der Waals surface area contributed by atoms with Crippen LogP contribution in [-0.4, -0.2) is 50.2 Å². The second-order valence-electron chi connectivity index (χ2n) is 8.85. The predicted octanol–water partition coefficient (Wildman–Crippen LogP) is 3.46. The molecule has 0 unspecified atom stereocenters. The lowest BCUT2D eigenvalue weighted by Crippen LogP contribution is -2.61. The number of benzene rings is 2. The second-order valence-corrected chi connectivity index (χ2v) is 8.85. The van der Waals surface area contributed by atoms with Crippen LogP contribution in [0.1, 0.15) is 11.3 Å². The second kappa shape index (κ2) is 9.71. The monoisotopic (exact) mass is 460 g/mol. The fraction of sp³-hybridized carbons (Fsp3) is 0.333. The minimum atomic E-state index is -0.244. The molecule has 3 heterocycles. The Hall–Kier alpha value is -3.61. The summed E-state index contributed by atoms with van der Waals surface area (Å²) >= 11 is 0. The maximum absolute atomic E-state index is 13.5. The predicted molar refractivity (Wildman–Crippen MR) is 131 cm³/mol. The zero-order chi connectivity index (χ0) is 23.5. The highest BCUT2D eigenvalue weighted by atomic mass is 19.1. The molecule has 1 N–H and O–H groups in total. The van der Waals surface area contributed by atoms with Crippen LogP contribution in [0, 0.1) is 11.7 Å². The summed E-state index contributed by atoms with van der Waals surface area (Å²) in [5.41, 5.74) is 4.25. The number of rotatable bonds is 6. The van der Waals surface area contributed by atoms with Crippen molar-refractivity contribution in [3.05, 3.63) is 83.9 Å². The van der Waals surface area contributed by atoms with Crippen molar-refractivity contribution in [1.82, 2.24) is 10.3 Å². The number of hydrogen-bond donors (Lipinski definition) is 1. The van der Waals surface area contributed by atoms with E-state index in [1.807, 2.05) is 36.4 Å². The van der Waals surface area contributed by atoms with E-state index in [1.165, 1.54) is 12.1 Å². The molecule has 1 saturated heterocycles. The highest BCUT2D eigenvalue weighted by Gasteiger charge is 2.41. The van der Waals surface area contributed by atoms with Gasteiger partial charge in [0.2, 0.25) is 5.91 Å². The van der Waals surface area contributed by atoms with E-state index in [0.29, 0.717) is 25.9 Å². The van der Waals surface area contributed by atoms with Gasteiger partial charge in [-0.25, -0.2) is 4.39 Å². The number of pyridine rings is 1. The van der Waals surface area contributed by atoms with E-state index in [9.17, 15) is 9.18 Å². The summed E-state index contributed by atoms with van der Waals surface area (Å²) in [6.07, 6.45) is 3.14. The van der Waals surface area contributed by atoms with Crippen LogP contribution in [0.15, 0.2) is 66.9 Å². The SMILES string of the molecule is COc1ccc2c(c1)N1CCN(c3ccc(F)cc3)C[C@@H]1[C@H](C(=O)NCCc1ccccn1)C2. The maximum atomic E-state index is 13.5. The smallest absolute Gasteiger partial charge is 0.225 e. The number of hydrogen-bond acceptors (Lipinski definition) is 5. The van der Waals surface area contributed by atoms with Crippen LogP contribution < -0.4 is 19.9 Å². The van der Waals surface area contributed by atoms with Crippen molar-refractivity contribution < 1.29 is 13.9 Å². The normalized spacial score (nSPS) is 19.2. The highest BCUT2D eigenvalue weighted by Crippen LogP contribution is 2.39. The molecule has 6 nitrogen and oxygen atoms in total. The Balaban J connectivity index is 1.37. The molecule has 5 rings (SSSR count). The lowest BCUT2D eigenvalue weighted by atomic mass is 9.83. The summed E-state index contributed by atoms with van der Waals surface area (Å²) in [4.78, 5) is 22.4. The van der Waals surface area contributed by atoms with Gasteiger partial charge in [-0.1, -0.05) is 12.1 Å². The van der Waals surface area contributed by atoms with Gasteiger partial charge in [0.15, 0.2) is 0 Å². The molecule has 0 radical (unpaired) electrons. The lowest BCUT2D eigenvalue weighted by Gasteiger charge is -2.49. The van der Waals surface area contributed by atoms with Gasteiger partial charge in [-0.3, -0.25) is 9.78 Å². The van der Waals surface area contributed by atoms with E-state index in [-0.39, 0.29) is 23.7 Å². The van der Waals surface area contributed by atoms with Crippen molar-refractivity contribution >= 4 is 17.3 Å². The summed E-state index contributed by atoms with van der Waals surface area (Å²) in [5, 5.41) is 3.15. The van der Waals surface area contributed by atoms with Gasteiger partial charge in [0.25, 0.3) is 0 Å². The molecule has 2 aliphatic rings. The number of methoxy groups -OCH3 is 1. The largest absolute Gasteiger partial charge is 0.497 e. The number of ether oxygens (including phenoxy) is 1. The van der Waals surface area contributed by atoms with Crippen molar-refractivity contribution in [2.24, 2.45) is 5.92 Å². The van der Waals surface area contributed by atoms with Gasteiger partial charge in [-0.2, -0.15) is 0 Å².